The number of halogens is 4. The van der Waals surface area contributed by atoms with Gasteiger partial charge >= 0.3 is 0 Å². The van der Waals surface area contributed by atoms with Gasteiger partial charge in [0.2, 0.25) is 0 Å². The molecule has 0 aliphatic heterocycles. The van der Waals surface area contributed by atoms with Crippen molar-refractivity contribution in [3.63, 3.8) is 0 Å². The molecule has 0 aliphatic carbocycles. The minimum absolute atomic E-state index is 0.0197. The number of ether oxygens (including phenoxy) is 1. The first-order valence-electron chi connectivity index (χ1n) is 5.26. The summed E-state index contributed by atoms with van der Waals surface area (Å²) in [7, 11) is 0. The lowest BCUT2D eigenvalue weighted by atomic mass is 10.2. The van der Waals surface area contributed by atoms with Gasteiger partial charge in [-0.05, 0) is 40.5 Å². The lowest BCUT2D eigenvalue weighted by molar-refractivity contribution is 0.470. The summed E-state index contributed by atoms with van der Waals surface area (Å²) in [6, 6.07) is 5.92. The van der Waals surface area contributed by atoms with Crippen LogP contribution in [0, 0.1) is 12.7 Å². The fourth-order valence-corrected chi connectivity index (χ4v) is 2.37. The van der Waals surface area contributed by atoms with Gasteiger partial charge in [0, 0.05) is 12.1 Å². The van der Waals surface area contributed by atoms with Crippen molar-refractivity contribution in [1.29, 1.82) is 0 Å². The molecule has 2 aromatic rings. The molecule has 0 unspecified atom stereocenters. The lowest BCUT2D eigenvalue weighted by Crippen LogP contribution is -1.93. The molecule has 0 heterocycles. The molecular weight excluding hydrogens is 356 g/mol. The first-order chi connectivity index (χ1) is 8.88. The van der Waals surface area contributed by atoms with Gasteiger partial charge < -0.3 is 10.5 Å². The molecule has 0 aromatic heterocycles. The van der Waals surface area contributed by atoms with E-state index >= 15 is 0 Å². The molecule has 2 nitrogen and oxygen atoms in total. The predicted octanol–water partition coefficient (Wildman–Crippen LogP) is 5.58. The molecule has 0 spiro atoms. The van der Waals surface area contributed by atoms with Crippen molar-refractivity contribution in [3.8, 4) is 11.5 Å². The fraction of sp³-hybridized carbons (Fsp3) is 0.0769. The Morgan fingerprint density at radius 2 is 1.79 bits per heavy atom. The zero-order chi connectivity index (χ0) is 14.2. The Kier molecular flexibility index (Phi) is 4.23. The Morgan fingerprint density at radius 1 is 1.11 bits per heavy atom. The van der Waals surface area contributed by atoms with Gasteiger partial charge in [-0.15, -0.1) is 0 Å². The normalized spacial score (nSPS) is 10.6. The highest BCUT2D eigenvalue weighted by Gasteiger charge is 2.11. The maximum Gasteiger partial charge on any atom is 0.145 e. The number of benzene rings is 2. The van der Waals surface area contributed by atoms with E-state index in [4.69, 9.17) is 33.7 Å². The van der Waals surface area contributed by atoms with Gasteiger partial charge in [0.1, 0.15) is 17.3 Å². The van der Waals surface area contributed by atoms with Crippen molar-refractivity contribution in [3.05, 3.63) is 50.2 Å². The Morgan fingerprint density at radius 3 is 2.47 bits per heavy atom. The fourth-order valence-electron chi connectivity index (χ4n) is 1.50. The van der Waals surface area contributed by atoms with Gasteiger partial charge in [-0.3, -0.25) is 0 Å². The molecular formula is C13H9BrCl2FNO. The first kappa shape index (κ1) is 14.4. The van der Waals surface area contributed by atoms with Crippen LogP contribution in [-0.4, -0.2) is 0 Å². The highest BCUT2D eigenvalue weighted by atomic mass is 79.9. The third-order valence-corrected chi connectivity index (χ3v) is 3.73. The zero-order valence-electron chi connectivity index (χ0n) is 9.81. The minimum atomic E-state index is -0.556. The lowest BCUT2D eigenvalue weighted by Gasteiger charge is -2.12. The van der Waals surface area contributed by atoms with Gasteiger partial charge in [0.25, 0.3) is 0 Å². The summed E-state index contributed by atoms with van der Waals surface area (Å²) in [5, 5.41) is 0.400. The van der Waals surface area contributed by atoms with E-state index in [-0.39, 0.29) is 5.02 Å². The van der Waals surface area contributed by atoms with Crippen molar-refractivity contribution >= 4 is 44.8 Å². The van der Waals surface area contributed by atoms with Crippen molar-refractivity contribution in [2.75, 3.05) is 5.73 Å². The molecule has 0 saturated carbocycles. The zero-order valence-corrected chi connectivity index (χ0v) is 12.9. The van der Waals surface area contributed by atoms with Crippen LogP contribution in [0.1, 0.15) is 5.56 Å². The first-order valence-corrected chi connectivity index (χ1v) is 6.81. The highest BCUT2D eigenvalue weighted by molar-refractivity contribution is 9.10. The number of hydrogen-bond donors (Lipinski definition) is 1. The van der Waals surface area contributed by atoms with Crippen molar-refractivity contribution < 1.29 is 9.13 Å². The van der Waals surface area contributed by atoms with Crippen LogP contribution in [0.25, 0.3) is 0 Å². The summed E-state index contributed by atoms with van der Waals surface area (Å²) in [6.07, 6.45) is 0. The molecule has 0 atom stereocenters. The quantitative estimate of drug-likeness (QED) is 0.557. The molecule has 2 N–H and O–H groups in total. The van der Waals surface area contributed by atoms with E-state index in [9.17, 15) is 4.39 Å². The molecule has 19 heavy (non-hydrogen) atoms. The topological polar surface area (TPSA) is 35.2 Å². The summed E-state index contributed by atoms with van der Waals surface area (Å²) in [5.74, 6) is 0.256. The number of nitrogen functional groups attached to an aromatic ring is 1. The summed E-state index contributed by atoms with van der Waals surface area (Å²) >= 11 is 14.9. The van der Waals surface area contributed by atoms with Crippen LogP contribution in [0.5, 0.6) is 11.5 Å². The third kappa shape index (κ3) is 3.14. The molecule has 2 aromatic carbocycles. The van der Waals surface area contributed by atoms with E-state index in [0.717, 1.165) is 5.56 Å². The Labute approximate surface area is 128 Å². The van der Waals surface area contributed by atoms with Gasteiger partial charge in [0.05, 0.1) is 20.2 Å². The van der Waals surface area contributed by atoms with E-state index in [0.29, 0.717) is 26.7 Å². The predicted molar refractivity (Wildman–Crippen MR) is 79.8 cm³/mol. The van der Waals surface area contributed by atoms with Gasteiger partial charge in [-0.25, -0.2) is 4.39 Å². The monoisotopic (exact) mass is 363 g/mol. The highest BCUT2D eigenvalue weighted by Crippen LogP contribution is 2.37. The molecule has 0 saturated heterocycles. The second-order valence-corrected chi connectivity index (χ2v) is 5.61. The van der Waals surface area contributed by atoms with E-state index in [1.807, 2.05) is 6.92 Å². The van der Waals surface area contributed by atoms with Crippen LogP contribution in [0.4, 0.5) is 10.1 Å². The van der Waals surface area contributed by atoms with Crippen molar-refractivity contribution in [2.24, 2.45) is 0 Å². The average Bonchev–Trinajstić information content (AvgIpc) is 2.32. The number of nitrogens with two attached hydrogens (primary N) is 1. The third-order valence-electron chi connectivity index (χ3n) is 2.49. The Hall–Kier alpha value is -0.970. The van der Waals surface area contributed by atoms with Crippen LogP contribution in [0.2, 0.25) is 10.0 Å². The van der Waals surface area contributed by atoms with E-state index in [2.05, 4.69) is 15.9 Å². The summed E-state index contributed by atoms with van der Waals surface area (Å²) in [5.41, 5.74) is 6.94. The molecule has 2 rings (SSSR count). The molecule has 100 valence electrons. The van der Waals surface area contributed by atoms with E-state index in [1.54, 1.807) is 12.1 Å². The molecule has 0 aliphatic rings. The van der Waals surface area contributed by atoms with Gasteiger partial charge in [-0.1, -0.05) is 23.2 Å². The molecule has 6 heteroatoms. The number of hydrogen-bond acceptors (Lipinski definition) is 2. The molecule has 0 amide bonds. The second-order valence-electron chi connectivity index (χ2n) is 3.94. The molecule has 0 bridgehead atoms. The SMILES string of the molecule is Cc1cc(N)c(Cl)cc1Oc1cc(F)c(Cl)cc1Br. The Balaban J connectivity index is 2.42. The summed E-state index contributed by atoms with van der Waals surface area (Å²) in [6.45, 7) is 1.82. The Bertz CT molecular complexity index is 594. The van der Waals surface area contributed by atoms with Gasteiger partial charge in [0.15, 0.2) is 0 Å². The largest absolute Gasteiger partial charge is 0.456 e. The maximum atomic E-state index is 13.4. The second kappa shape index (κ2) is 5.57. The molecule has 0 fully saturated rings. The minimum Gasteiger partial charge on any atom is -0.456 e. The summed E-state index contributed by atoms with van der Waals surface area (Å²) in [4.78, 5) is 0. The standard InChI is InChI=1S/C13H9BrCl2FNO/c1-6-2-11(18)9(16)4-12(6)19-13-5-10(17)8(15)3-7(13)14/h2-5H,18H2,1H3. The van der Waals surface area contributed by atoms with Crippen molar-refractivity contribution in [1.82, 2.24) is 0 Å². The number of rotatable bonds is 2. The van der Waals surface area contributed by atoms with Crippen LogP contribution < -0.4 is 10.5 Å². The van der Waals surface area contributed by atoms with Gasteiger partial charge in [-0.2, -0.15) is 0 Å². The average molecular weight is 365 g/mol. The van der Waals surface area contributed by atoms with E-state index < -0.39 is 5.82 Å². The van der Waals surface area contributed by atoms with Crippen LogP contribution in [-0.2, 0) is 0 Å². The van der Waals surface area contributed by atoms with Crippen LogP contribution >= 0.6 is 39.1 Å². The smallest absolute Gasteiger partial charge is 0.145 e. The van der Waals surface area contributed by atoms with E-state index in [1.165, 1.54) is 12.1 Å². The number of anilines is 1. The van der Waals surface area contributed by atoms with Crippen LogP contribution in [0.3, 0.4) is 0 Å². The van der Waals surface area contributed by atoms with Crippen LogP contribution in [0.15, 0.2) is 28.7 Å². The van der Waals surface area contributed by atoms with Crippen molar-refractivity contribution in [2.45, 2.75) is 6.92 Å². The number of aryl methyl sites for hydroxylation is 1. The molecule has 0 radical (unpaired) electrons. The maximum absolute atomic E-state index is 13.4. The summed E-state index contributed by atoms with van der Waals surface area (Å²) < 4.78 is 19.6.